The third-order valence-corrected chi connectivity index (χ3v) is 3.03. The molecule has 0 saturated heterocycles. The fourth-order valence-electron chi connectivity index (χ4n) is 1.71. The molecule has 112 valence electrons. The Balaban J connectivity index is 2.88. The first-order chi connectivity index (χ1) is 9.95. The van der Waals surface area contributed by atoms with Gasteiger partial charge in [-0.3, -0.25) is 9.59 Å². The van der Waals surface area contributed by atoms with E-state index in [0.29, 0.717) is 11.3 Å². The molecule has 0 aliphatic carbocycles. The Morgan fingerprint density at radius 2 is 1.81 bits per heavy atom. The van der Waals surface area contributed by atoms with Crippen LogP contribution in [0.1, 0.15) is 13.8 Å². The Hall–Kier alpha value is -2.21. The van der Waals surface area contributed by atoms with Gasteiger partial charge < -0.3 is 15.4 Å². The van der Waals surface area contributed by atoms with E-state index >= 15 is 0 Å². The van der Waals surface area contributed by atoms with Gasteiger partial charge in [0.1, 0.15) is 11.5 Å². The van der Waals surface area contributed by atoms with E-state index in [1.54, 1.807) is 6.92 Å². The molecule has 0 aromatic heterocycles. The minimum absolute atomic E-state index is 0.0786. The van der Waals surface area contributed by atoms with E-state index in [4.69, 9.17) is 12.2 Å². The van der Waals surface area contributed by atoms with Gasteiger partial charge in [-0.1, -0.05) is 30.4 Å². The van der Waals surface area contributed by atoms with Crippen LogP contribution in [0.25, 0.3) is 0 Å². The number of ether oxygens (including phenoxy) is 1. The first kappa shape index (κ1) is 16.8. The normalized spacial score (nSPS) is 11.2. The average Bonchev–Trinajstić information content (AvgIpc) is 2.45. The highest BCUT2D eigenvalue weighted by molar-refractivity contribution is 7.80. The van der Waals surface area contributed by atoms with Crippen LogP contribution in [-0.4, -0.2) is 30.4 Å². The SMILES string of the molecule is COC(=O)CNC(=S)C(C(C)=O)=C(C)Nc1ccccc1. The number of rotatable bonds is 6. The number of anilines is 1. The number of carbonyl (C=O) groups excluding carboxylic acids is 2. The number of esters is 1. The smallest absolute Gasteiger partial charge is 0.325 e. The molecular formula is C15H18N2O3S. The number of carbonyl (C=O) groups is 2. The Morgan fingerprint density at radius 1 is 1.19 bits per heavy atom. The summed E-state index contributed by atoms with van der Waals surface area (Å²) in [4.78, 5) is 23.1. The zero-order valence-corrected chi connectivity index (χ0v) is 13.0. The van der Waals surface area contributed by atoms with Gasteiger partial charge in [-0.15, -0.1) is 0 Å². The highest BCUT2D eigenvalue weighted by Crippen LogP contribution is 2.13. The maximum Gasteiger partial charge on any atom is 0.325 e. The lowest BCUT2D eigenvalue weighted by atomic mass is 10.1. The quantitative estimate of drug-likeness (QED) is 0.476. The van der Waals surface area contributed by atoms with Crippen molar-refractivity contribution >= 4 is 34.6 Å². The second-order valence-electron chi connectivity index (χ2n) is 4.31. The highest BCUT2D eigenvalue weighted by atomic mass is 32.1. The number of nitrogens with one attached hydrogen (secondary N) is 2. The van der Waals surface area contributed by atoms with Crippen molar-refractivity contribution in [2.24, 2.45) is 0 Å². The zero-order valence-electron chi connectivity index (χ0n) is 12.2. The van der Waals surface area contributed by atoms with Crippen molar-refractivity contribution in [3.63, 3.8) is 0 Å². The van der Waals surface area contributed by atoms with Crippen LogP contribution in [-0.2, 0) is 14.3 Å². The summed E-state index contributed by atoms with van der Waals surface area (Å²) < 4.78 is 4.52. The van der Waals surface area contributed by atoms with E-state index in [-0.39, 0.29) is 17.3 Å². The van der Waals surface area contributed by atoms with Crippen LogP contribution in [0.5, 0.6) is 0 Å². The van der Waals surface area contributed by atoms with Crippen LogP contribution < -0.4 is 10.6 Å². The molecule has 5 nitrogen and oxygen atoms in total. The summed E-state index contributed by atoms with van der Waals surface area (Å²) >= 11 is 5.17. The summed E-state index contributed by atoms with van der Waals surface area (Å²) in [5.41, 5.74) is 1.82. The summed E-state index contributed by atoms with van der Waals surface area (Å²) in [5, 5.41) is 5.84. The monoisotopic (exact) mass is 306 g/mol. The minimum atomic E-state index is -0.450. The van der Waals surface area contributed by atoms with Gasteiger partial charge in [-0.2, -0.15) is 0 Å². The van der Waals surface area contributed by atoms with Crippen LogP contribution in [0.4, 0.5) is 5.69 Å². The third-order valence-electron chi connectivity index (χ3n) is 2.68. The number of allylic oxidation sites excluding steroid dienone is 1. The van der Waals surface area contributed by atoms with Crippen LogP contribution in [0.3, 0.4) is 0 Å². The zero-order chi connectivity index (χ0) is 15.8. The molecule has 0 amide bonds. The standard InChI is InChI=1S/C15H18N2O3S/c1-10(17-12-7-5-4-6-8-12)14(11(2)18)15(21)16-9-13(19)20-3/h4-8,17H,9H2,1-3H3,(H,16,21). The molecule has 0 bridgehead atoms. The molecule has 0 atom stereocenters. The molecule has 21 heavy (non-hydrogen) atoms. The van der Waals surface area contributed by atoms with E-state index in [1.807, 2.05) is 30.3 Å². The largest absolute Gasteiger partial charge is 0.468 e. The molecule has 0 saturated carbocycles. The van der Waals surface area contributed by atoms with E-state index < -0.39 is 5.97 Å². The van der Waals surface area contributed by atoms with Crippen LogP contribution in [0, 0.1) is 0 Å². The number of thiocarbonyl (C=S) groups is 1. The third kappa shape index (κ3) is 5.35. The van der Waals surface area contributed by atoms with Crippen molar-refractivity contribution < 1.29 is 14.3 Å². The second kappa shape index (κ2) is 8.16. The number of benzene rings is 1. The number of para-hydroxylation sites is 1. The Kier molecular flexibility index (Phi) is 6.55. The van der Waals surface area contributed by atoms with Crippen LogP contribution in [0.2, 0.25) is 0 Å². The number of ketones is 1. The van der Waals surface area contributed by atoms with E-state index in [2.05, 4.69) is 15.4 Å². The van der Waals surface area contributed by atoms with Crippen molar-refractivity contribution in [3.8, 4) is 0 Å². The predicted molar refractivity (Wildman–Crippen MR) is 86.1 cm³/mol. The van der Waals surface area contributed by atoms with Gasteiger partial charge in [0.05, 0.1) is 12.7 Å². The van der Waals surface area contributed by atoms with Gasteiger partial charge in [0.15, 0.2) is 5.78 Å². The molecule has 0 aliphatic heterocycles. The van der Waals surface area contributed by atoms with E-state index in [9.17, 15) is 9.59 Å². The topological polar surface area (TPSA) is 67.4 Å². The molecule has 1 aromatic carbocycles. The predicted octanol–water partition coefficient (Wildman–Crippen LogP) is 2.05. The molecule has 6 heteroatoms. The molecule has 1 rings (SSSR count). The first-order valence-electron chi connectivity index (χ1n) is 6.34. The van der Waals surface area contributed by atoms with E-state index in [1.165, 1.54) is 14.0 Å². The minimum Gasteiger partial charge on any atom is -0.468 e. The molecule has 2 N–H and O–H groups in total. The second-order valence-corrected chi connectivity index (χ2v) is 4.71. The Morgan fingerprint density at radius 3 is 2.33 bits per heavy atom. The summed E-state index contributed by atoms with van der Waals surface area (Å²) in [6, 6.07) is 9.44. The summed E-state index contributed by atoms with van der Waals surface area (Å²) in [6.45, 7) is 3.11. The molecule has 0 aliphatic rings. The lowest BCUT2D eigenvalue weighted by molar-refractivity contribution is -0.139. The number of hydrogen-bond donors (Lipinski definition) is 2. The van der Waals surface area contributed by atoms with Crippen molar-refractivity contribution in [3.05, 3.63) is 41.6 Å². The van der Waals surface area contributed by atoms with Gasteiger partial charge in [0.2, 0.25) is 0 Å². The van der Waals surface area contributed by atoms with Crippen molar-refractivity contribution in [2.45, 2.75) is 13.8 Å². The highest BCUT2D eigenvalue weighted by Gasteiger charge is 2.15. The lowest BCUT2D eigenvalue weighted by Gasteiger charge is -2.14. The molecule has 0 spiro atoms. The van der Waals surface area contributed by atoms with Crippen molar-refractivity contribution in [2.75, 3.05) is 19.0 Å². The van der Waals surface area contributed by atoms with Gasteiger partial charge in [0.25, 0.3) is 0 Å². The molecule has 0 radical (unpaired) electrons. The Bertz CT molecular complexity index is 568. The maximum absolute atomic E-state index is 11.8. The molecule has 0 unspecified atom stereocenters. The molecule has 0 heterocycles. The summed E-state index contributed by atoms with van der Waals surface area (Å²) in [6.07, 6.45) is 0. The fraction of sp³-hybridized carbons (Fsp3) is 0.267. The fourth-order valence-corrected chi connectivity index (χ4v) is 2.08. The number of hydrogen-bond acceptors (Lipinski definition) is 5. The first-order valence-corrected chi connectivity index (χ1v) is 6.75. The number of Topliss-reactive ketones (excluding diaryl/α,β-unsaturated/α-hetero) is 1. The Labute approximate surface area is 129 Å². The van der Waals surface area contributed by atoms with E-state index in [0.717, 1.165) is 5.69 Å². The molecular weight excluding hydrogens is 288 g/mol. The van der Waals surface area contributed by atoms with Gasteiger partial charge in [-0.25, -0.2) is 0 Å². The van der Waals surface area contributed by atoms with Crippen molar-refractivity contribution in [1.29, 1.82) is 0 Å². The summed E-state index contributed by atoms with van der Waals surface area (Å²) in [7, 11) is 1.29. The van der Waals surface area contributed by atoms with Crippen LogP contribution in [0.15, 0.2) is 41.6 Å². The average molecular weight is 306 g/mol. The lowest BCUT2D eigenvalue weighted by Crippen LogP contribution is -2.32. The van der Waals surface area contributed by atoms with Crippen LogP contribution >= 0.6 is 12.2 Å². The summed E-state index contributed by atoms with van der Waals surface area (Å²) in [5.74, 6) is -0.632. The maximum atomic E-state index is 11.8. The molecule has 1 aromatic rings. The van der Waals surface area contributed by atoms with Crippen molar-refractivity contribution in [1.82, 2.24) is 5.32 Å². The number of methoxy groups -OCH3 is 1. The van der Waals surface area contributed by atoms with Gasteiger partial charge in [0, 0.05) is 11.4 Å². The molecule has 0 fully saturated rings. The van der Waals surface area contributed by atoms with Gasteiger partial charge >= 0.3 is 5.97 Å². The van der Waals surface area contributed by atoms with Gasteiger partial charge in [-0.05, 0) is 26.0 Å².